The van der Waals surface area contributed by atoms with Gasteiger partial charge in [0.25, 0.3) is 0 Å². The van der Waals surface area contributed by atoms with Crippen LogP contribution < -0.4 is 10.5 Å². The van der Waals surface area contributed by atoms with Gasteiger partial charge in [-0.15, -0.1) is 0 Å². The molecule has 2 N–H and O–H groups in total. The first-order chi connectivity index (χ1) is 8.31. The van der Waals surface area contributed by atoms with Crippen molar-refractivity contribution in [1.82, 2.24) is 4.90 Å². The minimum atomic E-state index is 0.663. The van der Waals surface area contributed by atoms with Gasteiger partial charge in [-0.2, -0.15) is 0 Å². The maximum Gasteiger partial charge on any atom is 0.122 e. The van der Waals surface area contributed by atoms with Crippen LogP contribution in [0.3, 0.4) is 0 Å². The lowest BCUT2D eigenvalue weighted by Crippen LogP contribution is -2.28. The highest BCUT2D eigenvalue weighted by molar-refractivity contribution is 5.33. The van der Waals surface area contributed by atoms with Crippen LogP contribution in [0.2, 0.25) is 0 Å². The lowest BCUT2D eigenvalue weighted by molar-refractivity contribution is 0.221. The molecule has 0 aromatic heterocycles. The molecule has 0 fully saturated rings. The summed E-state index contributed by atoms with van der Waals surface area (Å²) >= 11 is 0. The SMILES string of the molecule is CCN(CC)CCOc1ccccc1CCN. The maximum absolute atomic E-state index is 5.83. The third kappa shape index (κ3) is 4.75. The second-order valence-electron chi connectivity index (χ2n) is 4.02. The van der Waals surface area contributed by atoms with Crippen molar-refractivity contribution >= 4 is 0 Å². The predicted octanol–water partition coefficient (Wildman–Crippen LogP) is 1.91. The van der Waals surface area contributed by atoms with E-state index in [4.69, 9.17) is 10.5 Å². The molecule has 3 nitrogen and oxygen atoms in total. The first kappa shape index (κ1) is 14.0. The lowest BCUT2D eigenvalue weighted by Gasteiger charge is -2.18. The third-order valence-corrected chi connectivity index (χ3v) is 2.95. The van der Waals surface area contributed by atoms with Crippen molar-refractivity contribution in [2.45, 2.75) is 20.3 Å². The minimum absolute atomic E-state index is 0.663. The average molecular weight is 236 g/mol. The normalized spacial score (nSPS) is 10.8. The molecule has 0 amide bonds. The molecule has 0 unspecified atom stereocenters. The molecule has 1 rings (SSSR count). The summed E-state index contributed by atoms with van der Waals surface area (Å²) in [6.45, 7) is 8.87. The Morgan fingerprint density at radius 2 is 1.88 bits per heavy atom. The van der Waals surface area contributed by atoms with Gasteiger partial charge >= 0.3 is 0 Å². The molecular weight excluding hydrogens is 212 g/mol. The summed E-state index contributed by atoms with van der Waals surface area (Å²) in [4.78, 5) is 2.35. The van der Waals surface area contributed by atoms with Crippen molar-refractivity contribution in [3.05, 3.63) is 29.8 Å². The van der Waals surface area contributed by atoms with E-state index < -0.39 is 0 Å². The molecule has 0 saturated carbocycles. The van der Waals surface area contributed by atoms with E-state index in [1.54, 1.807) is 0 Å². The van der Waals surface area contributed by atoms with Crippen LogP contribution in [0.15, 0.2) is 24.3 Å². The largest absolute Gasteiger partial charge is 0.492 e. The summed E-state index contributed by atoms with van der Waals surface area (Å²) in [5, 5.41) is 0. The van der Waals surface area contributed by atoms with Crippen molar-refractivity contribution < 1.29 is 4.74 Å². The van der Waals surface area contributed by atoms with Crippen molar-refractivity contribution in [2.24, 2.45) is 5.73 Å². The van der Waals surface area contributed by atoms with E-state index in [0.29, 0.717) is 6.54 Å². The number of ether oxygens (including phenoxy) is 1. The smallest absolute Gasteiger partial charge is 0.122 e. The second-order valence-corrected chi connectivity index (χ2v) is 4.02. The van der Waals surface area contributed by atoms with Gasteiger partial charge in [-0.25, -0.2) is 0 Å². The third-order valence-electron chi connectivity index (χ3n) is 2.95. The molecule has 3 heteroatoms. The van der Waals surface area contributed by atoms with E-state index in [2.05, 4.69) is 24.8 Å². The number of para-hydroxylation sites is 1. The van der Waals surface area contributed by atoms with Gasteiger partial charge in [0.1, 0.15) is 12.4 Å². The second kappa shape index (κ2) is 8.09. The number of benzene rings is 1. The van der Waals surface area contributed by atoms with Crippen LogP contribution in [0.1, 0.15) is 19.4 Å². The Morgan fingerprint density at radius 3 is 2.53 bits per heavy atom. The zero-order valence-electron chi connectivity index (χ0n) is 11.0. The Bertz CT molecular complexity index is 311. The molecule has 1 aromatic rings. The Balaban J connectivity index is 2.45. The molecule has 0 aliphatic rings. The van der Waals surface area contributed by atoms with E-state index in [0.717, 1.165) is 38.4 Å². The van der Waals surface area contributed by atoms with E-state index in [-0.39, 0.29) is 0 Å². The first-order valence-electron chi connectivity index (χ1n) is 6.44. The molecule has 0 aliphatic heterocycles. The van der Waals surface area contributed by atoms with Crippen molar-refractivity contribution in [1.29, 1.82) is 0 Å². The summed E-state index contributed by atoms with van der Waals surface area (Å²) in [7, 11) is 0. The number of rotatable bonds is 8. The van der Waals surface area contributed by atoms with Gasteiger partial charge in [-0.1, -0.05) is 32.0 Å². The fourth-order valence-corrected chi connectivity index (χ4v) is 1.83. The van der Waals surface area contributed by atoms with Gasteiger partial charge in [0, 0.05) is 6.54 Å². The van der Waals surface area contributed by atoms with Crippen molar-refractivity contribution in [3.63, 3.8) is 0 Å². The zero-order chi connectivity index (χ0) is 12.5. The number of hydrogen-bond donors (Lipinski definition) is 1. The number of hydrogen-bond acceptors (Lipinski definition) is 3. The summed E-state index contributed by atoms with van der Waals surface area (Å²) in [6.07, 6.45) is 0.876. The molecule has 0 bridgehead atoms. The van der Waals surface area contributed by atoms with Gasteiger partial charge in [-0.3, -0.25) is 0 Å². The number of nitrogens with two attached hydrogens (primary N) is 1. The molecule has 0 atom stereocenters. The zero-order valence-corrected chi connectivity index (χ0v) is 11.0. The fourth-order valence-electron chi connectivity index (χ4n) is 1.83. The molecule has 0 spiro atoms. The summed E-state index contributed by atoms with van der Waals surface area (Å²) < 4.78 is 5.83. The molecule has 0 heterocycles. The molecule has 0 aliphatic carbocycles. The summed E-state index contributed by atoms with van der Waals surface area (Å²) in [5.74, 6) is 0.977. The quantitative estimate of drug-likeness (QED) is 0.749. The van der Waals surface area contributed by atoms with Gasteiger partial charge < -0.3 is 15.4 Å². The average Bonchev–Trinajstić information content (AvgIpc) is 2.37. The maximum atomic E-state index is 5.83. The van der Waals surface area contributed by atoms with Crippen LogP contribution in [0.25, 0.3) is 0 Å². The number of likely N-dealkylation sites (N-methyl/N-ethyl adjacent to an activating group) is 1. The van der Waals surface area contributed by atoms with Gasteiger partial charge in [-0.05, 0) is 37.7 Å². The highest BCUT2D eigenvalue weighted by Crippen LogP contribution is 2.17. The van der Waals surface area contributed by atoms with E-state index >= 15 is 0 Å². The molecule has 17 heavy (non-hydrogen) atoms. The highest BCUT2D eigenvalue weighted by atomic mass is 16.5. The minimum Gasteiger partial charge on any atom is -0.492 e. The van der Waals surface area contributed by atoms with Crippen molar-refractivity contribution in [3.8, 4) is 5.75 Å². The Hall–Kier alpha value is -1.06. The van der Waals surface area contributed by atoms with Gasteiger partial charge in [0.05, 0.1) is 0 Å². The first-order valence-corrected chi connectivity index (χ1v) is 6.44. The van der Waals surface area contributed by atoms with Gasteiger partial charge in [0.15, 0.2) is 0 Å². The fraction of sp³-hybridized carbons (Fsp3) is 0.571. The Morgan fingerprint density at radius 1 is 1.18 bits per heavy atom. The molecule has 0 radical (unpaired) electrons. The van der Waals surface area contributed by atoms with E-state index in [9.17, 15) is 0 Å². The van der Waals surface area contributed by atoms with Crippen LogP contribution in [0.4, 0.5) is 0 Å². The molecule has 1 aromatic carbocycles. The van der Waals surface area contributed by atoms with Crippen LogP contribution in [-0.4, -0.2) is 37.7 Å². The summed E-state index contributed by atoms with van der Waals surface area (Å²) in [5.41, 5.74) is 6.79. The Kier molecular flexibility index (Phi) is 6.67. The highest BCUT2D eigenvalue weighted by Gasteiger charge is 2.03. The lowest BCUT2D eigenvalue weighted by atomic mass is 10.1. The molecular formula is C14H24N2O. The van der Waals surface area contributed by atoms with Crippen LogP contribution >= 0.6 is 0 Å². The van der Waals surface area contributed by atoms with Crippen LogP contribution in [0, 0.1) is 0 Å². The van der Waals surface area contributed by atoms with Crippen LogP contribution in [0.5, 0.6) is 5.75 Å². The topological polar surface area (TPSA) is 38.5 Å². The molecule has 0 saturated heterocycles. The predicted molar refractivity (Wildman–Crippen MR) is 72.5 cm³/mol. The van der Waals surface area contributed by atoms with E-state index in [1.807, 2.05) is 18.2 Å². The monoisotopic (exact) mass is 236 g/mol. The standard InChI is InChI=1S/C14H24N2O/c1-3-16(4-2)11-12-17-14-8-6-5-7-13(14)9-10-15/h5-8H,3-4,9-12,15H2,1-2H3. The summed E-state index contributed by atoms with van der Waals surface area (Å²) in [6, 6.07) is 8.14. The Labute approximate surface area is 105 Å². The van der Waals surface area contributed by atoms with Gasteiger partial charge in [0.2, 0.25) is 0 Å². The van der Waals surface area contributed by atoms with Crippen molar-refractivity contribution in [2.75, 3.05) is 32.8 Å². The molecule has 96 valence electrons. The van der Waals surface area contributed by atoms with E-state index in [1.165, 1.54) is 5.56 Å². The number of nitrogens with zero attached hydrogens (tertiary/aromatic N) is 1. The van der Waals surface area contributed by atoms with Crippen LogP contribution in [-0.2, 0) is 6.42 Å².